The highest BCUT2D eigenvalue weighted by Crippen LogP contribution is 2.50. The van der Waals surface area contributed by atoms with Crippen LogP contribution in [0.25, 0.3) is 11.4 Å². The maximum Gasteiger partial charge on any atom is 0.416 e. The van der Waals surface area contributed by atoms with Crippen molar-refractivity contribution in [2.75, 3.05) is 26.2 Å². The summed E-state index contributed by atoms with van der Waals surface area (Å²) in [6, 6.07) is 12.5. The van der Waals surface area contributed by atoms with E-state index >= 15 is 0 Å². The zero-order chi connectivity index (χ0) is 23.9. The third-order valence-corrected chi connectivity index (χ3v) is 6.72. The number of alkyl halides is 3. The Bertz CT molecular complexity index is 1190. The van der Waals surface area contributed by atoms with E-state index in [0.29, 0.717) is 43.6 Å². The first-order valence-corrected chi connectivity index (χ1v) is 11.4. The Labute approximate surface area is 199 Å². The highest BCUT2D eigenvalue weighted by Gasteiger charge is 2.46. The largest absolute Gasteiger partial charge is 0.416 e. The van der Waals surface area contributed by atoms with Gasteiger partial charge < -0.3 is 9.42 Å². The first-order chi connectivity index (χ1) is 16.3. The number of nitrogens with zero attached hydrogens (tertiary/aromatic N) is 4. The first-order valence-electron chi connectivity index (χ1n) is 11.1. The molecule has 2 fully saturated rings. The molecule has 1 aliphatic carbocycles. The fraction of sp³-hybridized carbons (Fsp3) is 0.375. The van der Waals surface area contributed by atoms with Crippen LogP contribution in [0.4, 0.5) is 13.2 Å². The molecule has 6 nitrogen and oxygen atoms in total. The van der Waals surface area contributed by atoms with Crippen LogP contribution in [0.2, 0.25) is 5.02 Å². The van der Waals surface area contributed by atoms with Crippen molar-refractivity contribution in [3.05, 3.63) is 70.6 Å². The van der Waals surface area contributed by atoms with Gasteiger partial charge in [0.2, 0.25) is 17.6 Å². The molecule has 2 atom stereocenters. The third kappa shape index (κ3) is 4.81. The van der Waals surface area contributed by atoms with Crippen molar-refractivity contribution in [2.24, 2.45) is 5.92 Å². The number of rotatable bonds is 5. The lowest BCUT2D eigenvalue weighted by Crippen LogP contribution is -2.48. The Kier molecular flexibility index (Phi) is 6.07. The van der Waals surface area contributed by atoms with Gasteiger partial charge in [-0.2, -0.15) is 18.2 Å². The number of piperazine rings is 1. The second-order valence-electron chi connectivity index (χ2n) is 8.66. The molecular formula is C24H22ClF3N4O2. The van der Waals surface area contributed by atoms with E-state index in [0.717, 1.165) is 24.1 Å². The zero-order valence-corrected chi connectivity index (χ0v) is 18.9. The van der Waals surface area contributed by atoms with Gasteiger partial charge in [-0.25, -0.2) is 0 Å². The average Bonchev–Trinajstić information content (AvgIpc) is 3.48. The molecule has 3 aromatic rings. The second kappa shape index (κ2) is 9.03. The van der Waals surface area contributed by atoms with Gasteiger partial charge in [0.1, 0.15) is 0 Å². The van der Waals surface area contributed by atoms with Crippen LogP contribution in [0.5, 0.6) is 0 Å². The van der Waals surface area contributed by atoms with Crippen LogP contribution in [0.1, 0.15) is 29.4 Å². The molecule has 5 rings (SSSR count). The smallest absolute Gasteiger partial charge is 0.340 e. The Morgan fingerprint density at radius 1 is 1.09 bits per heavy atom. The SMILES string of the molecule is O=C(C1CC1c1ccccc1Cl)N1CCN(Cc2nc(-c3cccc(C(F)(F)F)c3)no2)CC1. The van der Waals surface area contributed by atoms with Gasteiger partial charge in [0, 0.05) is 42.7 Å². The minimum atomic E-state index is -4.44. The molecule has 1 saturated carbocycles. The molecule has 2 aromatic carbocycles. The molecule has 1 amide bonds. The van der Waals surface area contributed by atoms with Crippen molar-refractivity contribution < 1.29 is 22.5 Å². The highest BCUT2D eigenvalue weighted by molar-refractivity contribution is 6.31. The Morgan fingerprint density at radius 3 is 2.59 bits per heavy atom. The van der Waals surface area contributed by atoms with Gasteiger partial charge >= 0.3 is 6.18 Å². The van der Waals surface area contributed by atoms with E-state index in [2.05, 4.69) is 15.0 Å². The fourth-order valence-electron chi connectivity index (χ4n) is 4.41. The quantitative estimate of drug-likeness (QED) is 0.511. The van der Waals surface area contributed by atoms with Gasteiger partial charge in [-0.15, -0.1) is 0 Å². The molecule has 10 heteroatoms. The number of amides is 1. The minimum absolute atomic E-state index is 0.0163. The van der Waals surface area contributed by atoms with E-state index in [1.807, 2.05) is 29.2 Å². The molecule has 0 N–H and O–H groups in total. The lowest BCUT2D eigenvalue weighted by molar-refractivity contribution is -0.137. The van der Waals surface area contributed by atoms with E-state index in [4.69, 9.17) is 16.1 Å². The van der Waals surface area contributed by atoms with Gasteiger partial charge in [0.05, 0.1) is 12.1 Å². The Balaban J connectivity index is 1.15. The number of benzene rings is 2. The van der Waals surface area contributed by atoms with Crippen LogP contribution in [0, 0.1) is 5.92 Å². The molecule has 2 aliphatic rings. The first kappa shape index (κ1) is 22.9. The van der Waals surface area contributed by atoms with Gasteiger partial charge in [0.25, 0.3) is 0 Å². The van der Waals surface area contributed by atoms with Gasteiger partial charge in [-0.05, 0) is 36.1 Å². The minimum Gasteiger partial charge on any atom is -0.340 e. The summed E-state index contributed by atoms with van der Waals surface area (Å²) >= 11 is 6.28. The van der Waals surface area contributed by atoms with Crippen LogP contribution < -0.4 is 0 Å². The van der Waals surface area contributed by atoms with E-state index in [1.165, 1.54) is 12.1 Å². The predicted molar refractivity (Wildman–Crippen MR) is 119 cm³/mol. The Hall–Kier alpha value is -2.91. The summed E-state index contributed by atoms with van der Waals surface area (Å²) < 4.78 is 44.1. The van der Waals surface area contributed by atoms with Gasteiger partial charge in [-0.3, -0.25) is 9.69 Å². The molecule has 0 bridgehead atoms. The molecular weight excluding hydrogens is 469 g/mol. The summed E-state index contributed by atoms with van der Waals surface area (Å²) in [5.41, 5.74) is 0.524. The van der Waals surface area contributed by atoms with Crippen LogP contribution in [0.3, 0.4) is 0 Å². The summed E-state index contributed by atoms with van der Waals surface area (Å²) in [5, 5.41) is 4.54. The maximum absolute atomic E-state index is 13.0. The second-order valence-corrected chi connectivity index (χ2v) is 9.07. The molecule has 1 aliphatic heterocycles. The topological polar surface area (TPSA) is 62.5 Å². The standard InChI is InChI=1S/C24H22ClF3N4O2/c25-20-7-2-1-6-17(20)18-13-19(18)23(33)32-10-8-31(9-11-32)14-21-29-22(30-34-21)15-4-3-5-16(12-15)24(26,27)28/h1-7,12,18-19H,8-11,13-14H2. The summed E-state index contributed by atoms with van der Waals surface area (Å²) in [7, 11) is 0. The lowest BCUT2D eigenvalue weighted by atomic mass is 10.1. The molecule has 2 heterocycles. The summed E-state index contributed by atoms with van der Waals surface area (Å²) in [6.45, 7) is 2.87. The van der Waals surface area contributed by atoms with Crippen molar-refractivity contribution in [1.29, 1.82) is 0 Å². The van der Waals surface area contributed by atoms with Crippen molar-refractivity contribution >= 4 is 17.5 Å². The van der Waals surface area contributed by atoms with Crippen LogP contribution >= 0.6 is 11.6 Å². The van der Waals surface area contributed by atoms with E-state index in [1.54, 1.807) is 0 Å². The molecule has 0 spiro atoms. The van der Waals surface area contributed by atoms with Crippen LogP contribution in [0.15, 0.2) is 53.1 Å². The zero-order valence-electron chi connectivity index (χ0n) is 18.1. The molecule has 0 radical (unpaired) electrons. The molecule has 34 heavy (non-hydrogen) atoms. The van der Waals surface area contributed by atoms with Crippen LogP contribution in [-0.2, 0) is 17.5 Å². The number of carbonyl (C=O) groups is 1. The monoisotopic (exact) mass is 490 g/mol. The maximum atomic E-state index is 13.0. The molecule has 1 saturated heterocycles. The van der Waals surface area contributed by atoms with Crippen molar-refractivity contribution in [2.45, 2.75) is 25.1 Å². The fourth-order valence-corrected chi connectivity index (χ4v) is 4.69. The normalized spacial score (nSPS) is 21.0. The van der Waals surface area contributed by atoms with Crippen molar-refractivity contribution in [3.8, 4) is 11.4 Å². The predicted octanol–water partition coefficient (Wildman–Crippen LogP) is 4.86. The average molecular weight is 491 g/mol. The van der Waals surface area contributed by atoms with E-state index in [-0.39, 0.29) is 29.1 Å². The number of halogens is 4. The number of hydrogen-bond donors (Lipinski definition) is 0. The molecule has 1 aromatic heterocycles. The van der Waals surface area contributed by atoms with E-state index < -0.39 is 11.7 Å². The third-order valence-electron chi connectivity index (χ3n) is 6.37. The van der Waals surface area contributed by atoms with Gasteiger partial charge in [0.15, 0.2) is 0 Å². The number of carbonyl (C=O) groups excluding carboxylic acids is 1. The summed E-state index contributed by atoms with van der Waals surface area (Å²) in [5.74, 6) is 0.779. The van der Waals surface area contributed by atoms with Gasteiger partial charge in [-0.1, -0.05) is 47.1 Å². The van der Waals surface area contributed by atoms with Crippen molar-refractivity contribution in [3.63, 3.8) is 0 Å². The van der Waals surface area contributed by atoms with Crippen molar-refractivity contribution in [1.82, 2.24) is 19.9 Å². The summed E-state index contributed by atoms with van der Waals surface area (Å²) in [6.07, 6.45) is -3.61. The van der Waals surface area contributed by atoms with E-state index in [9.17, 15) is 18.0 Å². The molecule has 2 unspecified atom stereocenters. The number of aromatic nitrogens is 2. The Morgan fingerprint density at radius 2 is 1.85 bits per heavy atom. The molecule has 178 valence electrons. The summed E-state index contributed by atoms with van der Waals surface area (Å²) in [4.78, 5) is 21.2. The highest BCUT2D eigenvalue weighted by atomic mass is 35.5. The lowest BCUT2D eigenvalue weighted by Gasteiger charge is -2.34. The van der Waals surface area contributed by atoms with Crippen LogP contribution in [-0.4, -0.2) is 52.0 Å². The number of hydrogen-bond acceptors (Lipinski definition) is 5.